The summed E-state index contributed by atoms with van der Waals surface area (Å²) in [5.41, 5.74) is 4.72. The van der Waals surface area contributed by atoms with Gasteiger partial charge in [0.05, 0.1) is 30.9 Å². The summed E-state index contributed by atoms with van der Waals surface area (Å²) in [7, 11) is 2.85. The molecule has 9 nitrogen and oxygen atoms in total. The van der Waals surface area contributed by atoms with Gasteiger partial charge in [-0.05, 0) is 30.7 Å². The zero-order valence-corrected chi connectivity index (χ0v) is 18.4. The number of hydrogen-bond acceptors (Lipinski definition) is 7. The minimum Gasteiger partial charge on any atom is -0.496 e. The van der Waals surface area contributed by atoms with Crippen LogP contribution < -0.4 is 19.6 Å². The molecule has 0 aliphatic heterocycles. The molecule has 33 heavy (non-hydrogen) atoms. The number of nitrogens with one attached hydrogen (secondary N) is 1. The van der Waals surface area contributed by atoms with Crippen molar-refractivity contribution in [3.63, 3.8) is 0 Å². The summed E-state index contributed by atoms with van der Waals surface area (Å²) in [6.07, 6.45) is 1.28. The predicted octanol–water partition coefficient (Wildman–Crippen LogP) is 4.26. The van der Waals surface area contributed by atoms with Gasteiger partial charge in [-0.3, -0.25) is 14.9 Å². The van der Waals surface area contributed by atoms with E-state index >= 15 is 0 Å². The van der Waals surface area contributed by atoms with Crippen molar-refractivity contribution in [3.05, 3.63) is 93.0 Å². The molecule has 0 saturated carbocycles. The molecular formula is C24H23N3O6. The van der Waals surface area contributed by atoms with Crippen molar-refractivity contribution in [3.8, 4) is 17.2 Å². The number of carbonyl (C=O) groups excluding carboxylic acids is 1. The van der Waals surface area contributed by atoms with Gasteiger partial charge in [-0.2, -0.15) is 5.10 Å². The van der Waals surface area contributed by atoms with Gasteiger partial charge in [0.1, 0.15) is 12.4 Å². The maximum atomic E-state index is 12.4. The number of nitro benzene ring substituents is 1. The Morgan fingerprint density at radius 2 is 1.76 bits per heavy atom. The molecule has 3 rings (SSSR count). The van der Waals surface area contributed by atoms with E-state index in [1.54, 1.807) is 24.3 Å². The van der Waals surface area contributed by atoms with Gasteiger partial charge < -0.3 is 14.2 Å². The Bertz CT molecular complexity index is 1180. The monoisotopic (exact) mass is 449 g/mol. The first-order valence-electron chi connectivity index (χ1n) is 9.94. The van der Waals surface area contributed by atoms with Crippen LogP contribution in [0.1, 0.15) is 27.0 Å². The standard InChI is InChI=1S/C24H23N3O6/c1-16-8-10-17(11-9-16)15-33-23-20(27(29)30)12-18(13-22(23)32-3)14-25-26-24(28)19-6-4-5-7-21(19)31-2/h4-14H,15H2,1-3H3,(H,26,28)/b25-14+. The van der Waals surface area contributed by atoms with Gasteiger partial charge in [-0.15, -0.1) is 0 Å². The number of benzene rings is 3. The summed E-state index contributed by atoms with van der Waals surface area (Å²) in [6.45, 7) is 2.11. The van der Waals surface area contributed by atoms with Crippen molar-refractivity contribution < 1.29 is 23.9 Å². The van der Waals surface area contributed by atoms with E-state index in [9.17, 15) is 14.9 Å². The first-order valence-corrected chi connectivity index (χ1v) is 9.94. The number of hydrazone groups is 1. The van der Waals surface area contributed by atoms with Crippen LogP contribution in [0.15, 0.2) is 65.8 Å². The van der Waals surface area contributed by atoms with Crippen LogP contribution in [0.2, 0.25) is 0 Å². The molecule has 0 spiro atoms. The number of nitrogens with zero attached hydrogens (tertiary/aromatic N) is 2. The van der Waals surface area contributed by atoms with E-state index in [2.05, 4.69) is 10.5 Å². The van der Waals surface area contributed by atoms with Crippen LogP contribution in [-0.2, 0) is 6.61 Å². The smallest absolute Gasteiger partial charge is 0.315 e. The zero-order chi connectivity index (χ0) is 23.8. The largest absolute Gasteiger partial charge is 0.496 e. The van der Waals surface area contributed by atoms with Crippen LogP contribution in [0.25, 0.3) is 0 Å². The molecule has 1 N–H and O–H groups in total. The molecule has 0 unspecified atom stereocenters. The third-order valence-corrected chi connectivity index (χ3v) is 4.71. The molecular weight excluding hydrogens is 426 g/mol. The zero-order valence-electron chi connectivity index (χ0n) is 18.4. The molecule has 170 valence electrons. The van der Waals surface area contributed by atoms with Crippen molar-refractivity contribution >= 4 is 17.8 Å². The lowest BCUT2D eigenvalue weighted by Gasteiger charge is -2.12. The molecule has 3 aromatic rings. The van der Waals surface area contributed by atoms with E-state index in [0.29, 0.717) is 16.9 Å². The molecule has 0 bridgehead atoms. The fraction of sp³-hybridized carbons (Fsp3) is 0.167. The number of methoxy groups -OCH3 is 2. The topological polar surface area (TPSA) is 112 Å². The van der Waals surface area contributed by atoms with Gasteiger partial charge in [0.25, 0.3) is 5.91 Å². The summed E-state index contributed by atoms with van der Waals surface area (Å²) in [4.78, 5) is 23.5. The minimum absolute atomic E-state index is 0.0123. The number of ether oxygens (including phenoxy) is 3. The van der Waals surface area contributed by atoms with Gasteiger partial charge in [-0.1, -0.05) is 42.0 Å². The van der Waals surface area contributed by atoms with Crippen molar-refractivity contribution in [2.24, 2.45) is 5.10 Å². The van der Waals surface area contributed by atoms with E-state index in [-0.39, 0.29) is 23.8 Å². The van der Waals surface area contributed by atoms with Gasteiger partial charge in [-0.25, -0.2) is 5.43 Å². The van der Waals surface area contributed by atoms with E-state index in [0.717, 1.165) is 11.1 Å². The second kappa shape index (κ2) is 10.8. The molecule has 0 atom stereocenters. The Balaban J connectivity index is 1.80. The van der Waals surface area contributed by atoms with E-state index in [1.807, 2.05) is 31.2 Å². The third kappa shape index (κ3) is 5.85. The highest BCUT2D eigenvalue weighted by molar-refractivity contribution is 5.97. The maximum absolute atomic E-state index is 12.4. The number of amides is 1. The third-order valence-electron chi connectivity index (χ3n) is 4.71. The molecule has 0 aliphatic rings. The Morgan fingerprint density at radius 3 is 2.42 bits per heavy atom. The highest BCUT2D eigenvalue weighted by atomic mass is 16.6. The van der Waals surface area contributed by atoms with E-state index in [4.69, 9.17) is 14.2 Å². The lowest BCUT2D eigenvalue weighted by atomic mass is 10.1. The fourth-order valence-electron chi connectivity index (χ4n) is 3.01. The van der Waals surface area contributed by atoms with Crippen LogP contribution in [0.4, 0.5) is 5.69 Å². The molecule has 0 saturated heterocycles. The fourth-order valence-corrected chi connectivity index (χ4v) is 3.01. The number of hydrogen-bond donors (Lipinski definition) is 1. The van der Waals surface area contributed by atoms with Crippen molar-refractivity contribution in [2.45, 2.75) is 13.5 Å². The molecule has 1 amide bonds. The first-order chi connectivity index (χ1) is 15.9. The lowest BCUT2D eigenvalue weighted by molar-refractivity contribution is -0.386. The van der Waals surface area contributed by atoms with Crippen LogP contribution in [0, 0.1) is 17.0 Å². The van der Waals surface area contributed by atoms with Crippen LogP contribution in [0.3, 0.4) is 0 Å². The Kier molecular flexibility index (Phi) is 7.59. The molecule has 0 radical (unpaired) electrons. The Hall–Kier alpha value is -4.40. The summed E-state index contributed by atoms with van der Waals surface area (Å²) < 4.78 is 16.2. The number of nitro groups is 1. The number of para-hydroxylation sites is 1. The second-order valence-electron chi connectivity index (χ2n) is 7.00. The highest BCUT2D eigenvalue weighted by Crippen LogP contribution is 2.38. The van der Waals surface area contributed by atoms with Crippen molar-refractivity contribution in [1.82, 2.24) is 5.43 Å². The molecule has 0 aliphatic carbocycles. The predicted molar refractivity (Wildman–Crippen MR) is 123 cm³/mol. The quantitative estimate of drug-likeness (QED) is 0.297. The van der Waals surface area contributed by atoms with Crippen LogP contribution in [0.5, 0.6) is 17.2 Å². The Morgan fingerprint density at radius 1 is 1.06 bits per heavy atom. The van der Waals surface area contributed by atoms with Gasteiger partial charge in [0.2, 0.25) is 5.75 Å². The summed E-state index contributed by atoms with van der Waals surface area (Å²) in [6, 6.07) is 17.2. The minimum atomic E-state index is -0.558. The summed E-state index contributed by atoms with van der Waals surface area (Å²) in [5, 5.41) is 15.6. The number of carbonyl (C=O) groups is 1. The SMILES string of the molecule is COc1ccccc1C(=O)N/N=C/c1cc(OC)c(OCc2ccc(C)cc2)c([N+](=O)[O-])c1. The Labute approximate surface area is 190 Å². The van der Waals surface area contributed by atoms with E-state index < -0.39 is 10.8 Å². The molecule has 3 aromatic carbocycles. The van der Waals surface area contributed by atoms with Crippen LogP contribution >= 0.6 is 0 Å². The maximum Gasteiger partial charge on any atom is 0.315 e. The highest BCUT2D eigenvalue weighted by Gasteiger charge is 2.22. The molecule has 0 aromatic heterocycles. The summed E-state index contributed by atoms with van der Waals surface area (Å²) in [5.74, 6) is 0.105. The average molecular weight is 449 g/mol. The number of aryl methyl sites for hydroxylation is 1. The first kappa shape index (κ1) is 23.3. The van der Waals surface area contributed by atoms with E-state index in [1.165, 1.54) is 32.6 Å². The molecule has 9 heteroatoms. The van der Waals surface area contributed by atoms with Crippen molar-refractivity contribution in [2.75, 3.05) is 14.2 Å². The lowest BCUT2D eigenvalue weighted by Crippen LogP contribution is -2.18. The average Bonchev–Trinajstić information content (AvgIpc) is 2.83. The number of rotatable bonds is 9. The normalized spacial score (nSPS) is 10.6. The van der Waals surface area contributed by atoms with Crippen LogP contribution in [-0.4, -0.2) is 31.3 Å². The second-order valence-corrected chi connectivity index (χ2v) is 7.00. The van der Waals surface area contributed by atoms with Gasteiger partial charge >= 0.3 is 5.69 Å². The molecule has 0 fully saturated rings. The van der Waals surface area contributed by atoms with Gasteiger partial charge in [0.15, 0.2) is 5.75 Å². The summed E-state index contributed by atoms with van der Waals surface area (Å²) >= 11 is 0. The molecule has 0 heterocycles. The van der Waals surface area contributed by atoms with Gasteiger partial charge in [0, 0.05) is 11.6 Å². The van der Waals surface area contributed by atoms with Crippen molar-refractivity contribution in [1.29, 1.82) is 0 Å².